The third kappa shape index (κ3) is 6.72. The summed E-state index contributed by atoms with van der Waals surface area (Å²) in [5, 5.41) is 16.9. The summed E-state index contributed by atoms with van der Waals surface area (Å²) in [4.78, 5) is 47.1. The fraction of sp³-hybridized carbons (Fsp3) is 0.765. The molecule has 1 rings (SSSR count). The van der Waals surface area contributed by atoms with Gasteiger partial charge in [0.1, 0.15) is 18.1 Å². The molecule has 0 bridgehead atoms. The van der Waals surface area contributed by atoms with Crippen molar-refractivity contribution in [2.24, 2.45) is 11.8 Å². The van der Waals surface area contributed by atoms with Gasteiger partial charge in [0.05, 0.1) is 0 Å². The standard InChI is InChI=1S/C17H29N3O5/c1-9(2)14(20-15(22)10(3)18-11(4)21)16(23)19-13(17(24)25)8-12-6-5-7-12/h9-10,12-14H,5-8H2,1-4H3,(H,18,21)(H,19,23)(H,20,22)(H,24,25)/t10-,13-,14-/m0/s1. The molecule has 0 radical (unpaired) electrons. The molecule has 1 saturated carbocycles. The number of nitrogens with one attached hydrogen (secondary N) is 3. The second-order valence-corrected chi connectivity index (χ2v) is 7.08. The topological polar surface area (TPSA) is 125 Å². The third-order valence-electron chi connectivity index (χ3n) is 4.47. The molecule has 0 aliphatic heterocycles. The first kappa shape index (κ1) is 20.9. The average molecular weight is 355 g/mol. The number of carbonyl (C=O) groups excluding carboxylic acids is 3. The second kappa shape index (κ2) is 9.39. The molecular formula is C17H29N3O5. The summed E-state index contributed by atoms with van der Waals surface area (Å²) in [6, 6.07) is -2.60. The highest BCUT2D eigenvalue weighted by Gasteiger charge is 2.32. The summed E-state index contributed by atoms with van der Waals surface area (Å²) in [5.74, 6) is -2.33. The van der Waals surface area contributed by atoms with Crippen LogP contribution in [0.5, 0.6) is 0 Å². The second-order valence-electron chi connectivity index (χ2n) is 7.08. The van der Waals surface area contributed by atoms with Crippen LogP contribution in [-0.4, -0.2) is 46.9 Å². The van der Waals surface area contributed by atoms with E-state index in [-0.39, 0.29) is 11.8 Å². The monoisotopic (exact) mass is 355 g/mol. The number of rotatable bonds is 9. The van der Waals surface area contributed by atoms with Crippen LogP contribution < -0.4 is 16.0 Å². The van der Waals surface area contributed by atoms with E-state index in [1.165, 1.54) is 13.8 Å². The quantitative estimate of drug-likeness (QED) is 0.477. The van der Waals surface area contributed by atoms with Crippen LogP contribution in [0.3, 0.4) is 0 Å². The summed E-state index contributed by atoms with van der Waals surface area (Å²) in [7, 11) is 0. The van der Waals surface area contributed by atoms with Crippen molar-refractivity contribution in [1.29, 1.82) is 0 Å². The smallest absolute Gasteiger partial charge is 0.326 e. The van der Waals surface area contributed by atoms with E-state index in [9.17, 15) is 24.3 Å². The highest BCUT2D eigenvalue weighted by atomic mass is 16.4. The van der Waals surface area contributed by atoms with Crippen LogP contribution in [0.4, 0.5) is 0 Å². The Hall–Kier alpha value is -2.12. The lowest BCUT2D eigenvalue weighted by molar-refractivity contribution is -0.143. The minimum absolute atomic E-state index is 0.230. The van der Waals surface area contributed by atoms with Gasteiger partial charge in [-0.3, -0.25) is 14.4 Å². The first-order valence-corrected chi connectivity index (χ1v) is 8.72. The third-order valence-corrected chi connectivity index (χ3v) is 4.47. The van der Waals surface area contributed by atoms with Gasteiger partial charge < -0.3 is 21.1 Å². The average Bonchev–Trinajstić information content (AvgIpc) is 2.44. The maximum absolute atomic E-state index is 12.5. The van der Waals surface area contributed by atoms with E-state index in [2.05, 4.69) is 16.0 Å². The number of carbonyl (C=O) groups is 4. The Bertz CT molecular complexity index is 516. The summed E-state index contributed by atoms with van der Waals surface area (Å²) in [5.41, 5.74) is 0. The SMILES string of the molecule is CC(=O)N[C@@H](C)C(=O)N[C@H](C(=O)N[C@@H](CC1CCC1)C(=O)O)C(C)C. The lowest BCUT2D eigenvalue weighted by Crippen LogP contribution is -2.57. The molecule has 1 aliphatic carbocycles. The number of hydrogen-bond donors (Lipinski definition) is 4. The van der Waals surface area contributed by atoms with Crippen LogP contribution in [0.1, 0.15) is 53.4 Å². The minimum Gasteiger partial charge on any atom is -0.480 e. The number of hydrogen-bond acceptors (Lipinski definition) is 4. The summed E-state index contributed by atoms with van der Waals surface area (Å²) in [6.07, 6.45) is 3.47. The molecule has 142 valence electrons. The molecule has 1 aliphatic rings. The summed E-state index contributed by atoms with van der Waals surface area (Å²) < 4.78 is 0. The van der Waals surface area contributed by atoms with Gasteiger partial charge in [0.25, 0.3) is 0 Å². The zero-order chi connectivity index (χ0) is 19.1. The Morgan fingerprint density at radius 2 is 1.60 bits per heavy atom. The van der Waals surface area contributed by atoms with Crippen LogP contribution in [0, 0.1) is 11.8 Å². The van der Waals surface area contributed by atoms with Gasteiger partial charge in [-0.05, 0) is 25.2 Å². The first-order valence-electron chi connectivity index (χ1n) is 8.72. The van der Waals surface area contributed by atoms with Gasteiger partial charge >= 0.3 is 5.97 Å². The van der Waals surface area contributed by atoms with Crippen LogP contribution >= 0.6 is 0 Å². The van der Waals surface area contributed by atoms with Crippen molar-refractivity contribution in [2.45, 2.75) is 71.5 Å². The molecule has 8 heteroatoms. The molecular weight excluding hydrogens is 326 g/mol. The van der Waals surface area contributed by atoms with Crippen molar-refractivity contribution in [3.05, 3.63) is 0 Å². The molecule has 3 atom stereocenters. The highest BCUT2D eigenvalue weighted by molar-refractivity contribution is 5.93. The first-order chi connectivity index (χ1) is 11.6. The van der Waals surface area contributed by atoms with E-state index >= 15 is 0 Å². The minimum atomic E-state index is -1.07. The lowest BCUT2D eigenvalue weighted by atomic mass is 9.81. The maximum Gasteiger partial charge on any atom is 0.326 e. The molecule has 0 aromatic rings. The van der Waals surface area contributed by atoms with Crippen LogP contribution in [0.2, 0.25) is 0 Å². The molecule has 8 nitrogen and oxygen atoms in total. The van der Waals surface area contributed by atoms with E-state index in [0.717, 1.165) is 19.3 Å². The lowest BCUT2D eigenvalue weighted by Gasteiger charge is -2.30. The van der Waals surface area contributed by atoms with Crippen molar-refractivity contribution in [2.75, 3.05) is 0 Å². The van der Waals surface area contributed by atoms with E-state index < -0.39 is 35.9 Å². The van der Waals surface area contributed by atoms with Crippen molar-refractivity contribution in [1.82, 2.24) is 16.0 Å². The number of carboxylic acid groups (broad SMARTS) is 1. The fourth-order valence-corrected chi connectivity index (χ4v) is 2.73. The predicted octanol–water partition coefficient (Wildman–Crippen LogP) is 0.411. The van der Waals surface area contributed by atoms with Gasteiger partial charge in [-0.15, -0.1) is 0 Å². The van der Waals surface area contributed by atoms with Gasteiger partial charge in [-0.25, -0.2) is 4.79 Å². The van der Waals surface area contributed by atoms with Crippen LogP contribution in [0.25, 0.3) is 0 Å². The van der Waals surface area contributed by atoms with E-state index in [4.69, 9.17) is 0 Å². The van der Waals surface area contributed by atoms with Gasteiger partial charge in [0.15, 0.2) is 0 Å². The molecule has 0 heterocycles. The Kier molecular flexibility index (Phi) is 7.86. The summed E-state index contributed by atoms with van der Waals surface area (Å²) >= 11 is 0. The molecule has 0 unspecified atom stereocenters. The highest BCUT2D eigenvalue weighted by Crippen LogP contribution is 2.30. The molecule has 25 heavy (non-hydrogen) atoms. The molecule has 0 saturated heterocycles. The number of carboxylic acids is 1. The Labute approximate surface area is 148 Å². The molecule has 0 spiro atoms. The van der Waals surface area contributed by atoms with Gasteiger partial charge in [0, 0.05) is 6.92 Å². The molecule has 0 aromatic carbocycles. The van der Waals surface area contributed by atoms with Crippen LogP contribution in [-0.2, 0) is 19.2 Å². The maximum atomic E-state index is 12.5. The van der Waals surface area contributed by atoms with E-state index in [0.29, 0.717) is 12.3 Å². The molecule has 0 aromatic heterocycles. The normalized spacial score (nSPS) is 17.8. The zero-order valence-corrected chi connectivity index (χ0v) is 15.3. The van der Waals surface area contributed by atoms with Crippen molar-refractivity contribution < 1.29 is 24.3 Å². The Balaban J connectivity index is 2.68. The Morgan fingerprint density at radius 1 is 1.00 bits per heavy atom. The fourth-order valence-electron chi connectivity index (χ4n) is 2.73. The van der Waals surface area contributed by atoms with Gasteiger partial charge in [0.2, 0.25) is 17.7 Å². The van der Waals surface area contributed by atoms with Crippen molar-refractivity contribution in [3.63, 3.8) is 0 Å². The molecule has 3 amide bonds. The number of amides is 3. The summed E-state index contributed by atoms with van der Waals surface area (Å²) in [6.45, 7) is 6.33. The van der Waals surface area contributed by atoms with E-state index in [1.54, 1.807) is 13.8 Å². The number of aliphatic carboxylic acids is 1. The largest absolute Gasteiger partial charge is 0.480 e. The van der Waals surface area contributed by atoms with Crippen LogP contribution in [0.15, 0.2) is 0 Å². The Morgan fingerprint density at radius 3 is 2.00 bits per heavy atom. The zero-order valence-electron chi connectivity index (χ0n) is 15.3. The van der Waals surface area contributed by atoms with Gasteiger partial charge in [-0.1, -0.05) is 33.1 Å². The van der Waals surface area contributed by atoms with Gasteiger partial charge in [-0.2, -0.15) is 0 Å². The van der Waals surface area contributed by atoms with Crippen molar-refractivity contribution in [3.8, 4) is 0 Å². The molecule has 1 fully saturated rings. The van der Waals surface area contributed by atoms with Crippen molar-refractivity contribution >= 4 is 23.7 Å². The predicted molar refractivity (Wildman–Crippen MR) is 91.6 cm³/mol. The van der Waals surface area contributed by atoms with E-state index in [1.807, 2.05) is 0 Å². The molecule has 4 N–H and O–H groups in total.